The Balaban J connectivity index is 0.000000921. The van der Waals surface area contributed by atoms with E-state index >= 15 is 0 Å². The zero-order valence-corrected chi connectivity index (χ0v) is 9.12. The summed E-state index contributed by atoms with van der Waals surface area (Å²) < 4.78 is 4.74. The molecule has 5 atom stereocenters. The fourth-order valence-electron chi connectivity index (χ4n) is 1.33. The van der Waals surface area contributed by atoms with Crippen molar-refractivity contribution < 1.29 is 24.9 Å². The summed E-state index contributed by atoms with van der Waals surface area (Å²) in [6.07, 6.45) is -4.64. The lowest BCUT2D eigenvalue weighted by Crippen LogP contribution is -2.62. The smallest absolute Gasteiger partial charge is 0.173 e. The van der Waals surface area contributed by atoms with Gasteiger partial charge in [0, 0.05) is 0 Å². The summed E-state index contributed by atoms with van der Waals surface area (Å²) in [4.78, 5) is 10.3. The first-order valence-corrected chi connectivity index (χ1v) is 4.94. The summed E-state index contributed by atoms with van der Waals surface area (Å²) in [5.41, 5.74) is 0. The number of aliphatic hydroxyl groups excluding tert-OH is 3. The predicted molar refractivity (Wildman–Crippen MR) is 53.2 cm³/mol. The monoisotopic (exact) mass is 221 g/mol. The number of likely N-dealkylation sites (N-methyl/N-ethyl adjacent to an activating group) is 1. The van der Waals surface area contributed by atoms with Gasteiger partial charge in [-0.25, -0.2) is 0 Å². The zero-order chi connectivity index (χ0) is 12.0. The van der Waals surface area contributed by atoms with E-state index in [0.717, 1.165) is 0 Å². The number of carbonyl (C=O) groups excluding carboxylic acids is 1. The van der Waals surface area contributed by atoms with Crippen LogP contribution in [0.5, 0.6) is 0 Å². The molecule has 15 heavy (non-hydrogen) atoms. The van der Waals surface area contributed by atoms with Crippen molar-refractivity contribution in [2.24, 2.45) is 0 Å². The van der Waals surface area contributed by atoms with Crippen LogP contribution in [0.4, 0.5) is 0 Å². The van der Waals surface area contributed by atoms with Crippen molar-refractivity contribution in [2.75, 3.05) is 7.05 Å². The summed E-state index contributed by atoms with van der Waals surface area (Å²) in [6.45, 7) is 4.00. The summed E-state index contributed by atoms with van der Waals surface area (Å²) in [6, 6.07) is -0.786. The molecule has 0 saturated carbocycles. The second kappa shape index (κ2) is 6.86. The van der Waals surface area contributed by atoms with Crippen LogP contribution in [0.25, 0.3) is 0 Å². The number of aldehydes is 1. The van der Waals surface area contributed by atoms with Gasteiger partial charge in [0.05, 0.1) is 6.04 Å². The van der Waals surface area contributed by atoms with Crippen LogP contribution >= 0.6 is 0 Å². The normalized spacial score (nSPS) is 40.3. The molecule has 90 valence electrons. The Labute approximate surface area is 88.9 Å². The third-order valence-electron chi connectivity index (χ3n) is 2.13. The molecule has 0 spiro atoms. The largest absolute Gasteiger partial charge is 0.388 e. The van der Waals surface area contributed by atoms with Gasteiger partial charge in [0.25, 0.3) is 0 Å². The van der Waals surface area contributed by atoms with Gasteiger partial charge < -0.3 is 30.2 Å². The molecule has 1 rings (SSSR count). The van der Waals surface area contributed by atoms with Gasteiger partial charge in [-0.1, -0.05) is 13.8 Å². The van der Waals surface area contributed by atoms with Gasteiger partial charge in [-0.3, -0.25) is 0 Å². The van der Waals surface area contributed by atoms with E-state index in [1.807, 2.05) is 13.8 Å². The minimum atomic E-state index is -1.31. The molecule has 1 aliphatic heterocycles. The molecular formula is C9H19NO5. The Kier molecular flexibility index (Phi) is 6.62. The molecule has 0 amide bonds. The summed E-state index contributed by atoms with van der Waals surface area (Å²) in [5.74, 6) is 0. The third-order valence-corrected chi connectivity index (χ3v) is 2.13. The Morgan fingerprint density at radius 3 is 2.13 bits per heavy atom. The molecular weight excluding hydrogens is 202 g/mol. The van der Waals surface area contributed by atoms with Gasteiger partial charge in [-0.2, -0.15) is 0 Å². The fraction of sp³-hybridized carbons (Fsp3) is 0.889. The Hall–Kier alpha value is -0.530. The maximum Gasteiger partial charge on any atom is 0.173 e. The van der Waals surface area contributed by atoms with E-state index in [1.54, 1.807) is 0 Å². The highest BCUT2D eigenvalue weighted by Crippen LogP contribution is 2.18. The molecule has 0 aromatic carbocycles. The van der Waals surface area contributed by atoms with E-state index in [2.05, 4.69) is 5.32 Å². The predicted octanol–water partition coefficient (Wildman–Crippen LogP) is -1.76. The van der Waals surface area contributed by atoms with Gasteiger partial charge in [0.1, 0.15) is 18.3 Å². The van der Waals surface area contributed by atoms with Crippen LogP contribution in [0.2, 0.25) is 0 Å². The van der Waals surface area contributed by atoms with Gasteiger partial charge in [-0.05, 0) is 7.05 Å². The molecule has 0 aromatic heterocycles. The first kappa shape index (κ1) is 14.5. The van der Waals surface area contributed by atoms with Gasteiger partial charge in [-0.15, -0.1) is 0 Å². The van der Waals surface area contributed by atoms with Crippen LogP contribution < -0.4 is 5.32 Å². The highest BCUT2D eigenvalue weighted by molar-refractivity contribution is 5.57. The van der Waals surface area contributed by atoms with Crippen LogP contribution in [0.15, 0.2) is 0 Å². The van der Waals surface area contributed by atoms with Gasteiger partial charge in [0.15, 0.2) is 12.6 Å². The molecule has 1 heterocycles. The van der Waals surface area contributed by atoms with Crippen LogP contribution in [-0.2, 0) is 9.53 Å². The second-order valence-corrected chi connectivity index (χ2v) is 2.92. The molecule has 1 saturated heterocycles. The van der Waals surface area contributed by atoms with Crippen molar-refractivity contribution in [3.05, 3.63) is 0 Å². The highest BCUT2D eigenvalue weighted by Gasteiger charge is 2.42. The number of hydrogen-bond acceptors (Lipinski definition) is 6. The number of carbonyl (C=O) groups is 1. The fourth-order valence-corrected chi connectivity index (χ4v) is 1.33. The maximum absolute atomic E-state index is 10.3. The molecule has 1 aliphatic rings. The molecule has 0 bridgehead atoms. The number of ether oxygens (including phenoxy) is 1. The lowest BCUT2D eigenvalue weighted by atomic mass is 9.98. The van der Waals surface area contributed by atoms with Gasteiger partial charge >= 0.3 is 0 Å². The van der Waals surface area contributed by atoms with Crippen molar-refractivity contribution in [3.8, 4) is 0 Å². The molecule has 0 radical (unpaired) electrons. The SMILES string of the molecule is CC.CNC1C(O)OC(C=O)C(O)C1O. The van der Waals surface area contributed by atoms with Crippen LogP contribution in [-0.4, -0.2) is 59.3 Å². The van der Waals surface area contributed by atoms with E-state index in [1.165, 1.54) is 7.05 Å². The van der Waals surface area contributed by atoms with E-state index < -0.39 is 30.6 Å². The molecule has 5 unspecified atom stereocenters. The average molecular weight is 221 g/mol. The quantitative estimate of drug-likeness (QED) is 0.412. The number of rotatable bonds is 2. The average Bonchev–Trinajstić information content (AvgIpc) is 2.27. The van der Waals surface area contributed by atoms with Crippen LogP contribution in [0.1, 0.15) is 13.8 Å². The minimum absolute atomic E-state index is 0.350. The van der Waals surface area contributed by atoms with Crippen molar-refractivity contribution in [3.63, 3.8) is 0 Å². The number of aliphatic hydroxyl groups is 3. The Morgan fingerprint density at radius 1 is 1.20 bits per heavy atom. The first-order chi connectivity index (χ1) is 7.11. The highest BCUT2D eigenvalue weighted by atomic mass is 16.6. The van der Waals surface area contributed by atoms with E-state index in [-0.39, 0.29) is 0 Å². The van der Waals surface area contributed by atoms with E-state index in [0.29, 0.717) is 6.29 Å². The van der Waals surface area contributed by atoms with Crippen molar-refractivity contribution in [2.45, 2.75) is 44.5 Å². The molecule has 0 aliphatic carbocycles. The number of hydrogen-bond donors (Lipinski definition) is 4. The zero-order valence-electron chi connectivity index (χ0n) is 9.12. The van der Waals surface area contributed by atoms with Crippen LogP contribution in [0.3, 0.4) is 0 Å². The van der Waals surface area contributed by atoms with Crippen LogP contribution in [0, 0.1) is 0 Å². The van der Waals surface area contributed by atoms with Crippen molar-refractivity contribution >= 4 is 6.29 Å². The molecule has 6 nitrogen and oxygen atoms in total. The standard InChI is InChI=1S/C7H13NO5.C2H6/c1-8-4-6(11)5(10)3(2-9)13-7(4)12;1-2/h2-8,10-12H,1H3;1-2H3. The lowest BCUT2D eigenvalue weighted by Gasteiger charge is -2.38. The second-order valence-electron chi connectivity index (χ2n) is 2.92. The molecule has 4 N–H and O–H groups in total. The summed E-state index contributed by atoms with van der Waals surface area (Å²) in [7, 11) is 1.51. The topological polar surface area (TPSA) is 99.0 Å². The Bertz CT molecular complexity index is 189. The van der Waals surface area contributed by atoms with Gasteiger partial charge in [0.2, 0.25) is 0 Å². The lowest BCUT2D eigenvalue weighted by molar-refractivity contribution is -0.238. The molecule has 0 aromatic rings. The van der Waals surface area contributed by atoms with E-state index in [4.69, 9.17) is 4.74 Å². The van der Waals surface area contributed by atoms with E-state index in [9.17, 15) is 20.1 Å². The minimum Gasteiger partial charge on any atom is -0.388 e. The number of nitrogens with one attached hydrogen (secondary N) is 1. The maximum atomic E-state index is 10.3. The van der Waals surface area contributed by atoms with Crippen molar-refractivity contribution in [1.82, 2.24) is 5.32 Å². The Morgan fingerprint density at radius 2 is 1.73 bits per heavy atom. The first-order valence-electron chi connectivity index (χ1n) is 4.94. The third kappa shape index (κ3) is 3.22. The summed E-state index contributed by atoms with van der Waals surface area (Å²) >= 11 is 0. The molecule has 6 heteroatoms. The molecule has 1 fully saturated rings. The summed E-state index contributed by atoms with van der Waals surface area (Å²) in [5, 5.41) is 30.5. The van der Waals surface area contributed by atoms with Crippen molar-refractivity contribution in [1.29, 1.82) is 0 Å².